The summed E-state index contributed by atoms with van der Waals surface area (Å²) >= 11 is 12.6. The van der Waals surface area contributed by atoms with Crippen molar-refractivity contribution in [3.63, 3.8) is 0 Å². The van der Waals surface area contributed by atoms with Gasteiger partial charge in [-0.2, -0.15) is 0 Å². The van der Waals surface area contributed by atoms with Crippen molar-refractivity contribution in [3.8, 4) is 11.5 Å². The van der Waals surface area contributed by atoms with E-state index < -0.39 is 12.6 Å². The van der Waals surface area contributed by atoms with Gasteiger partial charge < -0.3 is 18.9 Å². The van der Waals surface area contributed by atoms with E-state index in [2.05, 4.69) is 24.3 Å². The van der Waals surface area contributed by atoms with E-state index in [1.54, 1.807) is 0 Å². The maximum Gasteiger partial charge on any atom is 0.263 e. The topological polar surface area (TPSA) is 36.9 Å². The smallest absolute Gasteiger partial charge is 0.263 e. The van der Waals surface area contributed by atoms with E-state index in [-0.39, 0.29) is 0 Å². The Kier molecular flexibility index (Phi) is 8.09. The molecule has 1 aliphatic heterocycles. The Morgan fingerprint density at radius 2 is 1.00 bits per heavy atom. The van der Waals surface area contributed by atoms with Crippen molar-refractivity contribution >= 4 is 23.2 Å². The van der Waals surface area contributed by atoms with Crippen molar-refractivity contribution in [1.29, 1.82) is 0 Å². The molecule has 0 amide bonds. The van der Waals surface area contributed by atoms with Crippen LogP contribution in [0.4, 0.5) is 0 Å². The van der Waals surface area contributed by atoms with E-state index in [0.29, 0.717) is 47.6 Å². The normalized spacial score (nSPS) is 17.5. The molecule has 2 atom stereocenters. The van der Waals surface area contributed by atoms with Crippen molar-refractivity contribution in [2.45, 2.75) is 25.4 Å². The average Bonchev–Trinajstić information content (AvgIpc) is 2.89. The second-order valence-corrected chi connectivity index (χ2v) is 9.42. The van der Waals surface area contributed by atoms with Gasteiger partial charge in [0.1, 0.15) is 11.5 Å². The van der Waals surface area contributed by atoms with Crippen LogP contribution in [-0.4, -0.2) is 25.8 Å². The van der Waals surface area contributed by atoms with Crippen molar-refractivity contribution in [2.75, 3.05) is 13.2 Å². The molecule has 4 aromatic carbocycles. The summed E-state index contributed by atoms with van der Waals surface area (Å²) in [5.74, 6) is 1.35. The molecule has 1 heterocycles. The number of hydrogen-bond acceptors (Lipinski definition) is 4. The van der Waals surface area contributed by atoms with Crippen LogP contribution in [0.5, 0.6) is 11.5 Å². The third-order valence-corrected chi connectivity index (χ3v) is 6.35. The lowest BCUT2D eigenvalue weighted by atomic mass is 10.0. The third-order valence-electron chi connectivity index (χ3n) is 5.88. The molecule has 4 aromatic rings. The zero-order chi connectivity index (χ0) is 24.7. The first kappa shape index (κ1) is 24.7. The van der Waals surface area contributed by atoms with Crippen LogP contribution in [-0.2, 0) is 22.3 Å². The molecular formula is C30H26Cl2O4. The minimum atomic E-state index is -0.755. The largest absolute Gasteiger partial charge is 0.458 e. The fraction of sp³-hybridized carbons (Fsp3) is 0.200. The Bertz CT molecular complexity index is 1180. The Hall–Kier alpha value is -3.02. The van der Waals surface area contributed by atoms with Gasteiger partial charge in [-0.05, 0) is 47.5 Å². The fourth-order valence-corrected chi connectivity index (χ4v) is 4.54. The van der Waals surface area contributed by atoms with Crippen LogP contribution in [0.15, 0.2) is 97.1 Å². The third kappa shape index (κ3) is 6.40. The summed E-state index contributed by atoms with van der Waals surface area (Å²) in [6, 6.07) is 31.5. The van der Waals surface area contributed by atoms with Gasteiger partial charge in [-0.25, -0.2) is 0 Å². The van der Waals surface area contributed by atoms with Crippen molar-refractivity contribution < 1.29 is 18.9 Å². The molecule has 0 spiro atoms. The quantitative estimate of drug-likeness (QED) is 0.243. The molecule has 0 saturated carbocycles. The van der Waals surface area contributed by atoms with Gasteiger partial charge in [0.2, 0.25) is 0 Å². The minimum absolute atomic E-state index is 0.406. The van der Waals surface area contributed by atoms with Crippen LogP contribution in [0, 0.1) is 0 Å². The molecule has 0 unspecified atom stereocenters. The first-order chi connectivity index (χ1) is 17.6. The maximum absolute atomic E-state index is 6.32. The van der Waals surface area contributed by atoms with Crippen LogP contribution < -0.4 is 9.47 Å². The van der Waals surface area contributed by atoms with Crippen molar-refractivity contribution in [2.24, 2.45) is 0 Å². The summed E-state index contributed by atoms with van der Waals surface area (Å²) in [7, 11) is 0. The lowest BCUT2D eigenvalue weighted by Gasteiger charge is -2.32. The van der Waals surface area contributed by atoms with Gasteiger partial charge in [-0.3, -0.25) is 0 Å². The Morgan fingerprint density at radius 3 is 1.42 bits per heavy atom. The standard InChI is InChI=1S/C30H26Cl2O4/c31-25-11-13-27(23(19-25)17-21-7-3-1-4-8-21)35-29-30(34-16-15-33-29)36-28-14-12-26(32)20-24(28)18-22-9-5-2-6-10-22/h1-14,19-20,29-30H,15-18H2/t29-,30-/m0/s1. The molecule has 5 rings (SSSR count). The molecule has 1 fully saturated rings. The highest BCUT2D eigenvalue weighted by molar-refractivity contribution is 6.31. The molecule has 0 N–H and O–H groups in total. The molecule has 4 nitrogen and oxygen atoms in total. The van der Waals surface area contributed by atoms with E-state index in [0.717, 1.165) is 22.3 Å². The van der Waals surface area contributed by atoms with Gasteiger partial charge in [0, 0.05) is 34.0 Å². The predicted molar refractivity (Wildman–Crippen MR) is 142 cm³/mol. The van der Waals surface area contributed by atoms with Crippen LogP contribution in [0.2, 0.25) is 10.0 Å². The molecule has 0 bridgehead atoms. The monoisotopic (exact) mass is 520 g/mol. The van der Waals surface area contributed by atoms with Crippen LogP contribution in [0.3, 0.4) is 0 Å². The molecular weight excluding hydrogens is 495 g/mol. The van der Waals surface area contributed by atoms with E-state index in [9.17, 15) is 0 Å². The van der Waals surface area contributed by atoms with Crippen LogP contribution in [0.1, 0.15) is 22.3 Å². The zero-order valence-corrected chi connectivity index (χ0v) is 21.1. The Labute approximate surface area is 221 Å². The number of halogens is 2. The van der Waals surface area contributed by atoms with E-state index in [1.165, 1.54) is 0 Å². The molecule has 0 radical (unpaired) electrons. The van der Waals surface area contributed by atoms with Crippen molar-refractivity contribution in [3.05, 3.63) is 129 Å². The fourth-order valence-electron chi connectivity index (χ4n) is 4.15. The van der Waals surface area contributed by atoms with Gasteiger partial charge in [-0.15, -0.1) is 0 Å². The van der Waals surface area contributed by atoms with Crippen LogP contribution in [0.25, 0.3) is 0 Å². The SMILES string of the molecule is Clc1ccc(O[C@@H]2OCCO[C@H]2Oc2ccc(Cl)cc2Cc2ccccc2)c(Cc2ccccc2)c1. The summed E-state index contributed by atoms with van der Waals surface area (Å²) in [6.07, 6.45) is -0.160. The first-order valence-electron chi connectivity index (χ1n) is 11.9. The van der Waals surface area contributed by atoms with Gasteiger partial charge in [0.05, 0.1) is 13.2 Å². The highest BCUT2D eigenvalue weighted by atomic mass is 35.5. The summed E-state index contributed by atoms with van der Waals surface area (Å²) < 4.78 is 24.6. The molecule has 6 heteroatoms. The van der Waals surface area contributed by atoms with Gasteiger partial charge >= 0.3 is 0 Å². The number of hydrogen-bond donors (Lipinski definition) is 0. The summed E-state index contributed by atoms with van der Waals surface area (Å²) in [6.45, 7) is 0.813. The Morgan fingerprint density at radius 1 is 0.583 bits per heavy atom. The summed E-state index contributed by atoms with van der Waals surface area (Å²) in [4.78, 5) is 0. The average molecular weight is 521 g/mol. The van der Waals surface area contributed by atoms with Crippen molar-refractivity contribution in [1.82, 2.24) is 0 Å². The lowest BCUT2D eigenvalue weighted by molar-refractivity contribution is -0.271. The summed E-state index contributed by atoms with van der Waals surface area (Å²) in [5, 5.41) is 1.29. The maximum atomic E-state index is 6.32. The van der Waals surface area contributed by atoms with Gasteiger partial charge in [0.15, 0.2) is 0 Å². The minimum Gasteiger partial charge on any atom is -0.458 e. The highest BCUT2D eigenvalue weighted by Crippen LogP contribution is 2.31. The summed E-state index contributed by atoms with van der Waals surface area (Å²) in [5.41, 5.74) is 4.23. The molecule has 1 aliphatic rings. The molecule has 0 aromatic heterocycles. The van der Waals surface area contributed by atoms with E-state index in [1.807, 2.05) is 72.8 Å². The van der Waals surface area contributed by atoms with E-state index in [4.69, 9.17) is 42.1 Å². The van der Waals surface area contributed by atoms with Gasteiger partial charge in [-0.1, -0.05) is 83.9 Å². The second kappa shape index (κ2) is 11.8. The number of rotatable bonds is 8. The number of benzene rings is 4. The van der Waals surface area contributed by atoms with Gasteiger partial charge in [0.25, 0.3) is 12.6 Å². The van der Waals surface area contributed by atoms with Crippen LogP contribution >= 0.6 is 23.2 Å². The molecule has 0 aliphatic carbocycles. The molecule has 1 saturated heterocycles. The Balaban J connectivity index is 1.36. The number of ether oxygens (including phenoxy) is 4. The lowest BCUT2D eigenvalue weighted by Crippen LogP contribution is -2.46. The second-order valence-electron chi connectivity index (χ2n) is 8.54. The molecule has 36 heavy (non-hydrogen) atoms. The highest BCUT2D eigenvalue weighted by Gasteiger charge is 2.32. The first-order valence-corrected chi connectivity index (χ1v) is 12.6. The molecule has 184 valence electrons. The zero-order valence-electron chi connectivity index (χ0n) is 19.6. The van der Waals surface area contributed by atoms with E-state index >= 15 is 0 Å². The predicted octanol–water partition coefficient (Wildman–Crippen LogP) is 7.33.